The molecular weight excluding hydrogens is 160 g/mol. The molecule has 0 fully saturated rings. The fourth-order valence-electron chi connectivity index (χ4n) is 0.530. The van der Waals surface area contributed by atoms with E-state index < -0.39 is 10.8 Å². The molecule has 0 saturated heterocycles. The third-order valence-corrected chi connectivity index (χ3v) is 1.92. The minimum atomic E-state index is -0.869. The molecule has 0 saturated carbocycles. The predicted octanol–water partition coefficient (Wildman–Crippen LogP) is 0.394. The Hall–Kier alpha value is -0.740. The van der Waals surface area contributed by atoms with Gasteiger partial charge in [-0.25, -0.2) is 0 Å². The summed E-state index contributed by atoms with van der Waals surface area (Å²) >= 11 is 0. The van der Waals surface area contributed by atoms with E-state index in [-0.39, 0.29) is 0 Å². The summed E-state index contributed by atoms with van der Waals surface area (Å²) in [5, 5.41) is 0. The molecule has 4 heteroatoms. The zero-order chi connectivity index (χ0) is 8.69. The summed E-state index contributed by atoms with van der Waals surface area (Å²) in [5.41, 5.74) is 4.50. The molecule has 0 amide bonds. The van der Waals surface area contributed by atoms with Crippen LogP contribution in [0.4, 0.5) is 0 Å². The van der Waals surface area contributed by atoms with Crippen molar-refractivity contribution in [2.45, 2.75) is 4.90 Å². The quantitative estimate of drug-likeness (QED) is 0.667. The fourth-order valence-corrected chi connectivity index (χ4v) is 1.03. The van der Waals surface area contributed by atoms with E-state index in [1.54, 1.807) is 30.8 Å². The van der Waals surface area contributed by atoms with Crippen molar-refractivity contribution < 1.29 is 4.21 Å². The van der Waals surface area contributed by atoms with E-state index in [9.17, 15) is 4.21 Å². The molecule has 2 N–H and O–H groups in total. The minimum Gasteiger partial charge on any atom is -0.333 e. The van der Waals surface area contributed by atoms with Crippen molar-refractivity contribution in [1.29, 1.82) is 0 Å². The first-order valence-electron chi connectivity index (χ1n) is 3.12. The maximum absolute atomic E-state index is 10.7. The van der Waals surface area contributed by atoms with Crippen molar-refractivity contribution in [1.82, 2.24) is 4.98 Å². The van der Waals surface area contributed by atoms with Gasteiger partial charge in [-0.15, -0.1) is 0 Å². The monoisotopic (exact) mass is 172 g/mol. The van der Waals surface area contributed by atoms with Gasteiger partial charge in [-0.05, 0) is 19.2 Å². The van der Waals surface area contributed by atoms with E-state index in [2.05, 4.69) is 10.7 Å². The number of pyridine rings is 1. The van der Waals surface area contributed by atoms with Crippen LogP contribution in [0, 0.1) is 0 Å². The van der Waals surface area contributed by atoms with E-state index in [1.807, 2.05) is 0 Å². The predicted molar refractivity (Wildman–Crippen MR) is 46.7 cm³/mol. The molecule has 62 valence electrons. The Morgan fingerprint density at radius 3 is 2.09 bits per heavy atom. The van der Waals surface area contributed by atoms with E-state index in [1.165, 1.54) is 7.05 Å². The van der Waals surface area contributed by atoms with Gasteiger partial charge in [0.1, 0.15) is 0 Å². The highest BCUT2D eigenvalue weighted by Gasteiger charge is 1.91. The lowest BCUT2D eigenvalue weighted by Crippen LogP contribution is -1.85. The summed E-state index contributed by atoms with van der Waals surface area (Å²) < 4.78 is 10.7. The van der Waals surface area contributed by atoms with E-state index >= 15 is 0 Å². The summed E-state index contributed by atoms with van der Waals surface area (Å²) in [6.07, 6.45) is 4.92. The van der Waals surface area contributed by atoms with Crippen molar-refractivity contribution >= 4 is 10.8 Å². The zero-order valence-corrected chi connectivity index (χ0v) is 7.47. The number of nitrogens with zero attached hydrogens (tertiary/aromatic N) is 1. The third kappa shape index (κ3) is 3.85. The van der Waals surface area contributed by atoms with Crippen LogP contribution < -0.4 is 5.73 Å². The van der Waals surface area contributed by atoms with Crippen LogP contribution in [0.25, 0.3) is 0 Å². The number of hydrogen-bond donors (Lipinski definition) is 1. The highest BCUT2D eigenvalue weighted by molar-refractivity contribution is 7.84. The fraction of sp³-hybridized carbons (Fsp3) is 0.286. The Balaban J connectivity index is 0.000000461. The molecule has 1 rings (SSSR count). The summed E-state index contributed by atoms with van der Waals surface area (Å²) in [4.78, 5) is 4.62. The van der Waals surface area contributed by atoms with Gasteiger partial charge in [0.25, 0.3) is 0 Å². The lowest BCUT2D eigenvalue weighted by Gasteiger charge is -1.90. The van der Waals surface area contributed by atoms with Crippen LogP contribution in [0.2, 0.25) is 0 Å². The van der Waals surface area contributed by atoms with Gasteiger partial charge in [0, 0.05) is 34.3 Å². The van der Waals surface area contributed by atoms with Crippen molar-refractivity contribution in [2.75, 3.05) is 13.3 Å². The molecule has 0 aliphatic heterocycles. The van der Waals surface area contributed by atoms with Crippen LogP contribution in [0.1, 0.15) is 0 Å². The molecule has 0 radical (unpaired) electrons. The van der Waals surface area contributed by atoms with Crippen molar-refractivity contribution in [3.8, 4) is 0 Å². The molecular formula is C7H12N2OS. The van der Waals surface area contributed by atoms with Crippen molar-refractivity contribution in [3.05, 3.63) is 24.5 Å². The van der Waals surface area contributed by atoms with Gasteiger partial charge in [0.05, 0.1) is 0 Å². The highest BCUT2D eigenvalue weighted by Crippen LogP contribution is 1.99. The summed E-state index contributed by atoms with van der Waals surface area (Å²) in [6, 6.07) is 3.49. The number of hydrogen-bond acceptors (Lipinski definition) is 3. The van der Waals surface area contributed by atoms with Crippen molar-refractivity contribution in [3.63, 3.8) is 0 Å². The Kier molecular flexibility index (Phi) is 5.60. The molecule has 1 heterocycles. The average molecular weight is 172 g/mol. The van der Waals surface area contributed by atoms with Gasteiger partial charge in [-0.2, -0.15) is 0 Å². The van der Waals surface area contributed by atoms with Gasteiger partial charge in [-0.3, -0.25) is 9.19 Å². The Morgan fingerprint density at radius 2 is 1.82 bits per heavy atom. The van der Waals surface area contributed by atoms with Crippen LogP contribution in [0.5, 0.6) is 0 Å². The standard InChI is InChI=1S/C6H7NOS.CH5N/c1-9(8)6-2-4-7-5-3-6;1-2/h2-5H,1H3;2H2,1H3. The Labute approximate surface area is 69.1 Å². The number of aromatic nitrogens is 1. The molecule has 3 nitrogen and oxygen atoms in total. The lowest BCUT2D eigenvalue weighted by atomic mass is 10.5. The maximum Gasteiger partial charge on any atom is 0.0499 e. The van der Waals surface area contributed by atoms with Crippen LogP contribution in [-0.2, 0) is 10.8 Å². The van der Waals surface area contributed by atoms with Gasteiger partial charge in [-0.1, -0.05) is 0 Å². The van der Waals surface area contributed by atoms with Gasteiger partial charge < -0.3 is 5.73 Å². The van der Waals surface area contributed by atoms with Crippen LogP contribution in [0.3, 0.4) is 0 Å². The Bertz CT molecular complexity index is 213. The second-order valence-corrected chi connectivity index (χ2v) is 3.02. The highest BCUT2D eigenvalue weighted by atomic mass is 32.2. The molecule has 0 bridgehead atoms. The van der Waals surface area contributed by atoms with Crippen molar-refractivity contribution in [2.24, 2.45) is 5.73 Å². The minimum absolute atomic E-state index is 0.824. The van der Waals surface area contributed by atoms with Gasteiger partial charge in [0.15, 0.2) is 0 Å². The van der Waals surface area contributed by atoms with Crippen LogP contribution in [0.15, 0.2) is 29.4 Å². The molecule has 11 heavy (non-hydrogen) atoms. The molecule has 0 aliphatic carbocycles. The first-order chi connectivity index (χ1) is 5.30. The molecule has 1 aromatic heterocycles. The topological polar surface area (TPSA) is 56.0 Å². The summed E-state index contributed by atoms with van der Waals surface area (Å²) in [7, 11) is 0.631. The average Bonchev–Trinajstić information content (AvgIpc) is 2.10. The molecule has 0 aliphatic rings. The zero-order valence-electron chi connectivity index (χ0n) is 6.65. The van der Waals surface area contributed by atoms with Gasteiger partial charge >= 0.3 is 0 Å². The van der Waals surface area contributed by atoms with E-state index in [4.69, 9.17) is 0 Å². The second kappa shape index (κ2) is 6.00. The molecule has 0 spiro atoms. The molecule has 1 aromatic rings. The third-order valence-electron chi connectivity index (χ3n) is 0.982. The second-order valence-electron chi connectivity index (χ2n) is 1.64. The van der Waals surface area contributed by atoms with Gasteiger partial charge in [0.2, 0.25) is 0 Å². The largest absolute Gasteiger partial charge is 0.333 e. The smallest absolute Gasteiger partial charge is 0.0499 e. The van der Waals surface area contributed by atoms with E-state index in [0.717, 1.165) is 4.90 Å². The lowest BCUT2D eigenvalue weighted by molar-refractivity contribution is 0.686. The first kappa shape index (κ1) is 10.3. The summed E-state index contributed by atoms with van der Waals surface area (Å²) in [6.45, 7) is 0. The number of rotatable bonds is 1. The molecule has 1 unspecified atom stereocenters. The number of nitrogens with two attached hydrogens (primary N) is 1. The maximum atomic E-state index is 10.7. The summed E-state index contributed by atoms with van der Waals surface area (Å²) in [5.74, 6) is 0. The van der Waals surface area contributed by atoms with E-state index in [0.29, 0.717) is 0 Å². The normalized spacial score (nSPS) is 11.2. The van der Waals surface area contributed by atoms with Crippen LogP contribution >= 0.6 is 0 Å². The SMILES string of the molecule is CN.CS(=O)c1ccncc1. The molecule has 0 aromatic carbocycles. The molecule has 1 atom stereocenters. The van der Waals surface area contributed by atoms with Crippen LogP contribution in [-0.4, -0.2) is 22.5 Å². The Morgan fingerprint density at radius 1 is 1.36 bits per heavy atom. The first-order valence-corrected chi connectivity index (χ1v) is 4.67.